The predicted molar refractivity (Wildman–Crippen MR) is 53.0 cm³/mol. The van der Waals surface area contributed by atoms with Crippen LogP contribution in [0.5, 0.6) is 0 Å². The lowest BCUT2D eigenvalue weighted by molar-refractivity contribution is 0.575. The van der Waals surface area contributed by atoms with Gasteiger partial charge in [-0.1, -0.05) is 32.6 Å². The number of hydrogen-bond acceptors (Lipinski definition) is 2. The summed E-state index contributed by atoms with van der Waals surface area (Å²) in [5.41, 5.74) is 0. The largest absolute Gasteiger partial charge is 0.235 e. The zero-order chi connectivity index (χ0) is 9.61. The molecule has 0 aromatic heterocycles. The van der Waals surface area contributed by atoms with Gasteiger partial charge in [-0.3, -0.25) is 0 Å². The van der Waals surface area contributed by atoms with Gasteiger partial charge in [0.15, 0.2) is 0 Å². The summed E-state index contributed by atoms with van der Waals surface area (Å²) in [5, 5.41) is -0.393. The Morgan fingerprint density at radius 3 is 2.25 bits per heavy atom. The Morgan fingerprint density at radius 1 is 1.25 bits per heavy atom. The van der Waals surface area contributed by atoms with E-state index in [1.165, 1.54) is 12.8 Å². The third-order valence-corrected chi connectivity index (χ3v) is 4.05. The van der Waals surface area contributed by atoms with Crippen LogP contribution in [0.4, 0.5) is 0 Å². The van der Waals surface area contributed by atoms with Crippen LogP contribution in [-0.4, -0.2) is 13.7 Å². The molecular weight excluding hydrogens is 196 g/mol. The average Bonchev–Trinajstić information content (AvgIpc) is 1.96. The summed E-state index contributed by atoms with van der Waals surface area (Å²) < 4.78 is 21.5. The summed E-state index contributed by atoms with van der Waals surface area (Å²) in [6.07, 6.45) is 5.09. The molecule has 0 bridgehead atoms. The second kappa shape index (κ2) is 5.81. The molecule has 0 aromatic carbocycles. The van der Waals surface area contributed by atoms with Crippen molar-refractivity contribution in [3.63, 3.8) is 0 Å². The molecule has 74 valence electrons. The third kappa shape index (κ3) is 5.84. The summed E-state index contributed by atoms with van der Waals surface area (Å²) in [6, 6.07) is 0. The lowest BCUT2D eigenvalue weighted by Crippen LogP contribution is -2.10. The van der Waals surface area contributed by atoms with Crippen molar-refractivity contribution in [1.29, 1.82) is 0 Å². The molecule has 0 aliphatic rings. The molecule has 0 fully saturated rings. The molecule has 0 saturated heterocycles. The lowest BCUT2D eigenvalue weighted by atomic mass is 10.1. The van der Waals surface area contributed by atoms with Crippen molar-refractivity contribution in [2.24, 2.45) is 0 Å². The smallest absolute Gasteiger partial charge is 0.212 e. The molecular formula is C8H17ClO2S. The molecule has 1 unspecified atom stereocenters. The quantitative estimate of drug-likeness (QED) is 0.501. The van der Waals surface area contributed by atoms with Crippen LogP contribution >= 0.6 is 10.7 Å². The van der Waals surface area contributed by atoms with Crippen molar-refractivity contribution in [1.82, 2.24) is 0 Å². The monoisotopic (exact) mass is 212 g/mol. The summed E-state index contributed by atoms with van der Waals surface area (Å²) in [6.45, 7) is 3.79. The van der Waals surface area contributed by atoms with Gasteiger partial charge < -0.3 is 0 Å². The minimum atomic E-state index is -3.32. The molecule has 0 N–H and O–H groups in total. The molecule has 0 aliphatic heterocycles. The SMILES string of the molecule is CCCCCCC(C)S(=O)(=O)Cl. The molecule has 0 aliphatic carbocycles. The highest BCUT2D eigenvalue weighted by atomic mass is 35.7. The van der Waals surface area contributed by atoms with E-state index in [9.17, 15) is 8.42 Å². The first-order valence-electron chi connectivity index (χ1n) is 4.42. The normalized spacial score (nSPS) is 14.6. The van der Waals surface area contributed by atoms with Gasteiger partial charge in [0, 0.05) is 10.7 Å². The molecule has 1 atom stereocenters. The first-order chi connectivity index (χ1) is 5.48. The van der Waals surface area contributed by atoms with Gasteiger partial charge in [-0.05, 0) is 13.3 Å². The van der Waals surface area contributed by atoms with Crippen molar-refractivity contribution in [2.45, 2.75) is 51.2 Å². The van der Waals surface area contributed by atoms with Crippen LogP contribution in [0.15, 0.2) is 0 Å². The second-order valence-corrected chi connectivity index (χ2v) is 6.18. The summed E-state index contributed by atoms with van der Waals surface area (Å²) in [5.74, 6) is 0. The van der Waals surface area contributed by atoms with Gasteiger partial charge in [0.1, 0.15) is 0 Å². The highest BCUT2D eigenvalue weighted by Crippen LogP contribution is 2.14. The average molecular weight is 213 g/mol. The summed E-state index contributed by atoms with van der Waals surface area (Å²) >= 11 is 0. The van der Waals surface area contributed by atoms with Crippen LogP contribution in [0.2, 0.25) is 0 Å². The van der Waals surface area contributed by atoms with Crippen LogP contribution in [0.1, 0.15) is 46.0 Å². The lowest BCUT2D eigenvalue weighted by Gasteiger charge is -2.05. The number of hydrogen-bond donors (Lipinski definition) is 0. The zero-order valence-electron chi connectivity index (χ0n) is 7.72. The zero-order valence-corrected chi connectivity index (χ0v) is 9.29. The Labute approximate surface area is 79.7 Å². The molecule has 0 radical (unpaired) electrons. The van der Waals surface area contributed by atoms with Crippen molar-refractivity contribution in [3.8, 4) is 0 Å². The summed E-state index contributed by atoms with van der Waals surface area (Å²) in [4.78, 5) is 0. The standard InChI is InChI=1S/C8H17ClO2S/c1-3-4-5-6-7-8(2)12(9,10)11/h8H,3-7H2,1-2H3. The van der Waals surface area contributed by atoms with E-state index in [1.54, 1.807) is 6.92 Å². The van der Waals surface area contributed by atoms with Gasteiger partial charge in [-0.15, -0.1) is 0 Å². The van der Waals surface area contributed by atoms with E-state index >= 15 is 0 Å². The Bertz CT molecular complexity index is 199. The fraction of sp³-hybridized carbons (Fsp3) is 1.00. The van der Waals surface area contributed by atoms with E-state index < -0.39 is 14.3 Å². The van der Waals surface area contributed by atoms with Crippen LogP contribution in [0.3, 0.4) is 0 Å². The van der Waals surface area contributed by atoms with Gasteiger partial charge >= 0.3 is 0 Å². The van der Waals surface area contributed by atoms with E-state index in [1.807, 2.05) is 0 Å². The Morgan fingerprint density at radius 2 is 1.83 bits per heavy atom. The minimum absolute atomic E-state index is 0.393. The number of halogens is 1. The summed E-state index contributed by atoms with van der Waals surface area (Å²) in [7, 11) is 1.85. The van der Waals surface area contributed by atoms with E-state index in [0.717, 1.165) is 12.8 Å². The van der Waals surface area contributed by atoms with E-state index in [-0.39, 0.29) is 0 Å². The van der Waals surface area contributed by atoms with Crippen molar-refractivity contribution < 1.29 is 8.42 Å². The minimum Gasteiger partial charge on any atom is -0.212 e. The van der Waals surface area contributed by atoms with Crippen LogP contribution < -0.4 is 0 Å². The maximum absolute atomic E-state index is 10.8. The van der Waals surface area contributed by atoms with Gasteiger partial charge in [-0.25, -0.2) is 8.42 Å². The Kier molecular flexibility index (Phi) is 5.93. The van der Waals surface area contributed by atoms with Crippen molar-refractivity contribution in [3.05, 3.63) is 0 Å². The van der Waals surface area contributed by atoms with Gasteiger partial charge in [0.05, 0.1) is 5.25 Å². The molecule has 0 aromatic rings. The fourth-order valence-corrected chi connectivity index (χ4v) is 1.71. The van der Waals surface area contributed by atoms with Gasteiger partial charge in [0.25, 0.3) is 0 Å². The van der Waals surface area contributed by atoms with E-state index in [0.29, 0.717) is 6.42 Å². The van der Waals surface area contributed by atoms with Crippen LogP contribution in [-0.2, 0) is 9.05 Å². The molecule has 0 spiro atoms. The molecule has 4 heteroatoms. The first kappa shape index (κ1) is 12.2. The van der Waals surface area contributed by atoms with Crippen LogP contribution in [0, 0.1) is 0 Å². The van der Waals surface area contributed by atoms with Crippen molar-refractivity contribution >= 4 is 19.7 Å². The maximum atomic E-state index is 10.8. The predicted octanol–water partition coefficient (Wildman–Crippen LogP) is 2.91. The highest BCUT2D eigenvalue weighted by molar-refractivity contribution is 8.14. The maximum Gasteiger partial charge on any atom is 0.235 e. The number of unbranched alkanes of at least 4 members (excludes halogenated alkanes) is 3. The topological polar surface area (TPSA) is 34.1 Å². The second-order valence-electron chi connectivity index (χ2n) is 3.14. The highest BCUT2D eigenvalue weighted by Gasteiger charge is 2.16. The van der Waals surface area contributed by atoms with Crippen molar-refractivity contribution in [2.75, 3.05) is 0 Å². The van der Waals surface area contributed by atoms with E-state index in [4.69, 9.17) is 10.7 Å². The molecule has 0 amide bonds. The molecule has 12 heavy (non-hydrogen) atoms. The number of rotatable bonds is 6. The molecule has 0 heterocycles. The molecule has 0 saturated carbocycles. The molecule has 2 nitrogen and oxygen atoms in total. The van der Waals surface area contributed by atoms with Gasteiger partial charge in [-0.2, -0.15) is 0 Å². The first-order valence-corrected chi connectivity index (χ1v) is 6.79. The van der Waals surface area contributed by atoms with E-state index in [2.05, 4.69) is 6.92 Å². The Balaban J connectivity index is 3.52. The Hall–Kier alpha value is 0.240. The van der Waals surface area contributed by atoms with Crippen LogP contribution in [0.25, 0.3) is 0 Å². The third-order valence-electron chi connectivity index (χ3n) is 1.94. The van der Waals surface area contributed by atoms with Gasteiger partial charge in [0.2, 0.25) is 9.05 Å². The molecule has 0 rings (SSSR count). The fourth-order valence-electron chi connectivity index (χ4n) is 0.999.